The monoisotopic (exact) mass is 330 g/mol. The van der Waals surface area contributed by atoms with Crippen LogP contribution in [0.4, 0.5) is 5.69 Å². The van der Waals surface area contributed by atoms with E-state index in [1.54, 1.807) is 36.4 Å². The molecular formula is C18H19ClN2O2. The number of nitrogens with one attached hydrogen (secondary N) is 1. The van der Waals surface area contributed by atoms with Gasteiger partial charge in [-0.3, -0.25) is 9.59 Å². The van der Waals surface area contributed by atoms with Crippen molar-refractivity contribution in [3.05, 3.63) is 64.7 Å². The van der Waals surface area contributed by atoms with Gasteiger partial charge in [-0.2, -0.15) is 0 Å². The van der Waals surface area contributed by atoms with Crippen LogP contribution in [-0.2, 0) is 4.79 Å². The van der Waals surface area contributed by atoms with Gasteiger partial charge in [0.25, 0.3) is 0 Å². The molecule has 0 saturated carbocycles. The van der Waals surface area contributed by atoms with Gasteiger partial charge in [-0.15, -0.1) is 0 Å². The standard InChI is InChI=1S/C18H19ClN2O2/c1-11(2)16(12-3-7-14(19)8-4-12)18(23)21-15-9-5-13(6-10-15)17(20)22/h3-11,16H,1-2H3,(H2,20,22)(H,21,23)/t16-/m0/s1. The summed E-state index contributed by atoms with van der Waals surface area (Å²) in [7, 11) is 0. The Balaban J connectivity index is 2.18. The van der Waals surface area contributed by atoms with E-state index in [1.807, 2.05) is 26.0 Å². The summed E-state index contributed by atoms with van der Waals surface area (Å²) in [6.45, 7) is 3.99. The van der Waals surface area contributed by atoms with Crippen molar-refractivity contribution < 1.29 is 9.59 Å². The highest BCUT2D eigenvalue weighted by atomic mass is 35.5. The molecule has 0 aromatic heterocycles. The highest BCUT2D eigenvalue weighted by Crippen LogP contribution is 2.27. The molecule has 0 radical (unpaired) electrons. The summed E-state index contributed by atoms with van der Waals surface area (Å²) in [5.41, 5.74) is 7.15. The number of halogens is 1. The summed E-state index contributed by atoms with van der Waals surface area (Å²) in [6.07, 6.45) is 0. The minimum absolute atomic E-state index is 0.103. The van der Waals surface area contributed by atoms with Gasteiger partial charge in [-0.1, -0.05) is 37.6 Å². The highest BCUT2D eigenvalue weighted by Gasteiger charge is 2.24. The molecular weight excluding hydrogens is 312 g/mol. The molecule has 0 spiro atoms. The van der Waals surface area contributed by atoms with E-state index >= 15 is 0 Å². The maximum atomic E-state index is 12.6. The van der Waals surface area contributed by atoms with E-state index in [4.69, 9.17) is 17.3 Å². The Hall–Kier alpha value is -2.33. The van der Waals surface area contributed by atoms with Gasteiger partial charge in [0.1, 0.15) is 0 Å². The predicted molar refractivity (Wildman–Crippen MR) is 92.6 cm³/mol. The molecule has 0 bridgehead atoms. The van der Waals surface area contributed by atoms with Crippen LogP contribution in [0.2, 0.25) is 5.02 Å². The molecule has 0 aliphatic heterocycles. The van der Waals surface area contributed by atoms with Gasteiger partial charge >= 0.3 is 0 Å². The van der Waals surface area contributed by atoms with E-state index in [0.717, 1.165) is 5.56 Å². The number of amides is 2. The molecule has 1 atom stereocenters. The number of hydrogen-bond acceptors (Lipinski definition) is 2. The lowest BCUT2D eigenvalue weighted by Crippen LogP contribution is -2.25. The summed E-state index contributed by atoms with van der Waals surface area (Å²) in [5.74, 6) is -0.762. The van der Waals surface area contributed by atoms with Crippen LogP contribution in [0.1, 0.15) is 35.7 Å². The zero-order valence-electron chi connectivity index (χ0n) is 13.0. The average Bonchev–Trinajstić information content (AvgIpc) is 2.49. The van der Waals surface area contributed by atoms with Crippen LogP contribution in [0.5, 0.6) is 0 Å². The number of primary amides is 1. The third kappa shape index (κ3) is 4.33. The van der Waals surface area contributed by atoms with E-state index in [9.17, 15) is 9.59 Å². The van der Waals surface area contributed by atoms with Crippen LogP contribution in [0, 0.1) is 5.92 Å². The maximum absolute atomic E-state index is 12.6. The lowest BCUT2D eigenvalue weighted by Gasteiger charge is -2.21. The highest BCUT2D eigenvalue weighted by molar-refractivity contribution is 6.30. The lowest BCUT2D eigenvalue weighted by atomic mass is 9.87. The Bertz CT molecular complexity index is 694. The van der Waals surface area contributed by atoms with E-state index < -0.39 is 5.91 Å². The van der Waals surface area contributed by atoms with Crippen LogP contribution in [0.25, 0.3) is 0 Å². The summed E-state index contributed by atoms with van der Waals surface area (Å²) in [4.78, 5) is 23.7. The number of carbonyl (C=O) groups is 2. The first kappa shape index (κ1) is 17.0. The Morgan fingerprint density at radius 1 is 1.00 bits per heavy atom. The van der Waals surface area contributed by atoms with E-state index in [2.05, 4.69) is 5.32 Å². The number of anilines is 1. The molecule has 4 nitrogen and oxygen atoms in total. The first-order valence-corrected chi connectivity index (χ1v) is 7.72. The Labute approximate surface area is 140 Å². The van der Waals surface area contributed by atoms with Crippen molar-refractivity contribution in [2.24, 2.45) is 11.7 Å². The number of hydrogen-bond donors (Lipinski definition) is 2. The molecule has 0 aliphatic rings. The van der Waals surface area contributed by atoms with Crippen molar-refractivity contribution in [3.8, 4) is 0 Å². The topological polar surface area (TPSA) is 72.2 Å². The third-order valence-corrected chi connectivity index (χ3v) is 3.87. The largest absolute Gasteiger partial charge is 0.366 e. The second-order valence-corrected chi connectivity index (χ2v) is 6.14. The number of rotatable bonds is 5. The van der Waals surface area contributed by atoms with Crippen molar-refractivity contribution >= 4 is 29.1 Å². The van der Waals surface area contributed by atoms with Crippen molar-refractivity contribution in [2.45, 2.75) is 19.8 Å². The fourth-order valence-electron chi connectivity index (χ4n) is 2.45. The van der Waals surface area contributed by atoms with Crippen LogP contribution >= 0.6 is 11.6 Å². The molecule has 3 N–H and O–H groups in total. The summed E-state index contributed by atoms with van der Waals surface area (Å²) >= 11 is 5.91. The Morgan fingerprint density at radius 2 is 1.57 bits per heavy atom. The molecule has 120 valence electrons. The molecule has 0 fully saturated rings. The van der Waals surface area contributed by atoms with Gasteiger partial charge in [-0.25, -0.2) is 0 Å². The van der Waals surface area contributed by atoms with E-state index in [0.29, 0.717) is 16.3 Å². The van der Waals surface area contributed by atoms with Crippen molar-refractivity contribution in [3.63, 3.8) is 0 Å². The van der Waals surface area contributed by atoms with E-state index in [1.165, 1.54) is 0 Å². The first-order chi connectivity index (χ1) is 10.9. The van der Waals surface area contributed by atoms with Gasteiger partial charge < -0.3 is 11.1 Å². The molecule has 0 unspecified atom stereocenters. The van der Waals surface area contributed by atoms with Crippen LogP contribution < -0.4 is 11.1 Å². The fraction of sp³-hybridized carbons (Fsp3) is 0.222. The quantitative estimate of drug-likeness (QED) is 0.874. The molecule has 5 heteroatoms. The SMILES string of the molecule is CC(C)[C@H](C(=O)Nc1ccc(C(N)=O)cc1)c1ccc(Cl)cc1. The molecule has 2 aromatic rings. The Kier molecular flexibility index (Phi) is 5.40. The normalized spacial score (nSPS) is 12.0. The molecule has 2 aromatic carbocycles. The van der Waals surface area contributed by atoms with Crippen molar-refractivity contribution in [1.29, 1.82) is 0 Å². The smallest absolute Gasteiger partial charge is 0.248 e. The summed E-state index contributed by atoms with van der Waals surface area (Å²) in [5, 5.41) is 3.52. The predicted octanol–water partition coefficient (Wildman–Crippen LogP) is 3.82. The number of carbonyl (C=O) groups excluding carboxylic acids is 2. The van der Waals surface area contributed by atoms with Gasteiger partial charge in [0.05, 0.1) is 5.92 Å². The van der Waals surface area contributed by atoms with Crippen molar-refractivity contribution in [2.75, 3.05) is 5.32 Å². The van der Waals surface area contributed by atoms with Gasteiger partial charge in [0.2, 0.25) is 11.8 Å². The van der Waals surface area contributed by atoms with Gasteiger partial charge in [-0.05, 0) is 47.9 Å². The molecule has 0 heterocycles. The molecule has 2 amide bonds. The average molecular weight is 331 g/mol. The second kappa shape index (κ2) is 7.29. The Morgan fingerprint density at radius 3 is 2.04 bits per heavy atom. The van der Waals surface area contributed by atoms with Crippen LogP contribution in [0.3, 0.4) is 0 Å². The third-order valence-electron chi connectivity index (χ3n) is 3.62. The first-order valence-electron chi connectivity index (χ1n) is 7.34. The fourth-order valence-corrected chi connectivity index (χ4v) is 2.57. The molecule has 0 aliphatic carbocycles. The zero-order chi connectivity index (χ0) is 17.0. The minimum Gasteiger partial charge on any atom is -0.366 e. The van der Waals surface area contributed by atoms with Gasteiger partial charge in [0, 0.05) is 16.3 Å². The maximum Gasteiger partial charge on any atom is 0.248 e. The van der Waals surface area contributed by atoms with Crippen LogP contribution in [-0.4, -0.2) is 11.8 Å². The molecule has 0 saturated heterocycles. The minimum atomic E-state index is -0.496. The number of benzene rings is 2. The zero-order valence-corrected chi connectivity index (χ0v) is 13.8. The van der Waals surface area contributed by atoms with E-state index in [-0.39, 0.29) is 17.7 Å². The molecule has 23 heavy (non-hydrogen) atoms. The van der Waals surface area contributed by atoms with Crippen LogP contribution in [0.15, 0.2) is 48.5 Å². The number of nitrogens with two attached hydrogens (primary N) is 1. The lowest BCUT2D eigenvalue weighted by molar-refractivity contribution is -0.118. The second-order valence-electron chi connectivity index (χ2n) is 5.70. The van der Waals surface area contributed by atoms with Crippen molar-refractivity contribution in [1.82, 2.24) is 0 Å². The van der Waals surface area contributed by atoms with Gasteiger partial charge in [0.15, 0.2) is 0 Å². The summed E-state index contributed by atoms with van der Waals surface area (Å²) < 4.78 is 0. The molecule has 2 rings (SSSR count). The summed E-state index contributed by atoms with van der Waals surface area (Å²) in [6, 6.07) is 13.8.